The second-order valence-corrected chi connectivity index (χ2v) is 3.48. The van der Waals surface area contributed by atoms with Gasteiger partial charge in [0.25, 0.3) is 0 Å². The molecule has 0 radical (unpaired) electrons. The number of carbonyl (C=O) groups excluding carboxylic acids is 2. The molecule has 0 aromatic rings. The Morgan fingerprint density at radius 3 is 2.00 bits per heavy atom. The minimum Gasteiger partial charge on any atom is -0.282 e. The minimum atomic E-state index is -3.77. The summed E-state index contributed by atoms with van der Waals surface area (Å²) in [6.07, 6.45) is 0. The quantitative estimate of drug-likeness (QED) is 0.461. The van der Waals surface area contributed by atoms with E-state index in [1.807, 2.05) is 0 Å². The molecule has 0 saturated carbocycles. The lowest BCUT2D eigenvalue weighted by Crippen LogP contribution is -2.20. The van der Waals surface area contributed by atoms with Crippen molar-refractivity contribution in [2.75, 3.05) is 5.75 Å². The maximum atomic E-state index is 10.3. The van der Waals surface area contributed by atoms with Gasteiger partial charge >= 0.3 is 5.24 Å². The number of amides is 2. The number of imide groups is 1. The maximum Gasteiger partial charge on any atom is 0.343 e. The second-order valence-electron chi connectivity index (χ2n) is 1.59. The van der Waals surface area contributed by atoms with E-state index in [-0.39, 0.29) is 0 Å². The van der Waals surface area contributed by atoms with Gasteiger partial charge in [-0.2, -0.15) is 0 Å². The maximum absolute atomic E-state index is 10.3. The molecule has 1 fully saturated rings. The van der Waals surface area contributed by atoms with Gasteiger partial charge in [-0.15, -0.1) is 0 Å². The van der Waals surface area contributed by atoms with E-state index in [2.05, 4.69) is 0 Å². The number of carbonyl (C=O) groups is 2. The van der Waals surface area contributed by atoms with Crippen LogP contribution in [-0.4, -0.2) is 25.3 Å². The molecule has 6 heteroatoms. The highest BCUT2D eigenvalue weighted by molar-refractivity contribution is 8.07. The second kappa shape index (κ2) is 1.53. The molecule has 1 heterocycles. The van der Waals surface area contributed by atoms with Crippen molar-refractivity contribution in [2.45, 2.75) is 0 Å². The van der Waals surface area contributed by atoms with Crippen molar-refractivity contribution in [3.8, 4) is 0 Å². The fraction of sp³-hybridized carbons (Fsp3) is 0.333. The molecule has 0 spiro atoms. The number of nitrogens with one attached hydrogen (secondary N) is 1. The fourth-order valence-electron chi connectivity index (χ4n) is 0.466. The van der Waals surface area contributed by atoms with E-state index in [0.717, 1.165) is 0 Å². The molecular weight excluding hydrogens is 146 g/mol. The van der Waals surface area contributed by atoms with Gasteiger partial charge in [-0.25, -0.2) is 8.42 Å². The van der Waals surface area contributed by atoms with Crippen LogP contribution in [0.2, 0.25) is 0 Å². The molecule has 2 amide bonds. The van der Waals surface area contributed by atoms with Crippen LogP contribution in [-0.2, 0) is 14.6 Å². The van der Waals surface area contributed by atoms with Crippen molar-refractivity contribution < 1.29 is 18.0 Å². The molecule has 9 heavy (non-hydrogen) atoms. The van der Waals surface area contributed by atoms with Gasteiger partial charge in [-0.05, 0) is 0 Å². The van der Waals surface area contributed by atoms with Crippen molar-refractivity contribution in [1.82, 2.24) is 5.32 Å². The van der Waals surface area contributed by atoms with Crippen molar-refractivity contribution in [3.05, 3.63) is 0 Å². The zero-order valence-electron chi connectivity index (χ0n) is 4.25. The molecule has 1 N–H and O–H groups in total. The molecular formula is C3H3NO4S. The SMILES string of the molecule is O=C1CS(=O)(=O)C(=O)N1. The summed E-state index contributed by atoms with van der Waals surface area (Å²) in [5, 5.41) is 0.454. The molecule has 50 valence electrons. The lowest BCUT2D eigenvalue weighted by Gasteiger charge is -1.79. The normalized spacial score (nSPS) is 24.0. The van der Waals surface area contributed by atoms with Crippen molar-refractivity contribution in [2.24, 2.45) is 0 Å². The van der Waals surface area contributed by atoms with Gasteiger partial charge in [-0.3, -0.25) is 14.9 Å². The Labute approximate surface area is 51.0 Å². The van der Waals surface area contributed by atoms with Crippen LogP contribution >= 0.6 is 0 Å². The van der Waals surface area contributed by atoms with Crippen LogP contribution < -0.4 is 5.32 Å². The summed E-state index contributed by atoms with van der Waals surface area (Å²) in [6.45, 7) is 0. The van der Waals surface area contributed by atoms with E-state index >= 15 is 0 Å². The van der Waals surface area contributed by atoms with Crippen LogP contribution in [0.4, 0.5) is 4.79 Å². The predicted molar refractivity (Wildman–Crippen MR) is 27.3 cm³/mol. The molecule has 0 atom stereocenters. The summed E-state index contributed by atoms with van der Waals surface area (Å²) in [4.78, 5) is 20.3. The monoisotopic (exact) mass is 149 g/mol. The number of sulfone groups is 1. The van der Waals surface area contributed by atoms with Gasteiger partial charge in [0, 0.05) is 0 Å². The van der Waals surface area contributed by atoms with Crippen LogP contribution in [0.5, 0.6) is 0 Å². The van der Waals surface area contributed by atoms with Gasteiger partial charge < -0.3 is 0 Å². The highest BCUT2D eigenvalue weighted by atomic mass is 32.2. The Bertz CT molecular complexity index is 264. The molecule has 1 saturated heterocycles. The largest absolute Gasteiger partial charge is 0.343 e. The van der Waals surface area contributed by atoms with Crippen molar-refractivity contribution >= 4 is 21.0 Å². The van der Waals surface area contributed by atoms with E-state index < -0.39 is 26.7 Å². The van der Waals surface area contributed by atoms with Gasteiger partial charge in [0.05, 0.1) is 0 Å². The zero-order valence-corrected chi connectivity index (χ0v) is 5.06. The van der Waals surface area contributed by atoms with Gasteiger partial charge in [0.1, 0.15) is 5.75 Å². The van der Waals surface area contributed by atoms with Crippen LogP contribution in [0.25, 0.3) is 0 Å². The summed E-state index contributed by atoms with van der Waals surface area (Å²) in [7, 11) is -3.77. The Kier molecular flexibility index (Phi) is 1.06. The smallest absolute Gasteiger partial charge is 0.282 e. The molecule has 0 unspecified atom stereocenters. The minimum absolute atomic E-state index is 0.703. The first kappa shape index (κ1) is 6.21. The van der Waals surface area contributed by atoms with E-state index in [1.165, 1.54) is 0 Å². The summed E-state index contributed by atoms with van der Waals surface area (Å²) < 4.78 is 20.7. The van der Waals surface area contributed by atoms with E-state index in [1.54, 1.807) is 5.32 Å². The number of rotatable bonds is 0. The van der Waals surface area contributed by atoms with E-state index in [0.29, 0.717) is 0 Å². The average molecular weight is 149 g/mol. The topological polar surface area (TPSA) is 80.3 Å². The Hall–Kier alpha value is -0.910. The van der Waals surface area contributed by atoms with Crippen LogP contribution in [0.1, 0.15) is 0 Å². The highest BCUT2D eigenvalue weighted by Crippen LogP contribution is 1.98. The Morgan fingerprint density at radius 2 is 1.89 bits per heavy atom. The first-order chi connectivity index (χ1) is 4.02. The average Bonchev–Trinajstić information content (AvgIpc) is 1.79. The fourth-order valence-corrected chi connectivity index (χ4v) is 1.28. The third-order valence-corrected chi connectivity index (χ3v) is 2.15. The Balaban J connectivity index is 3.10. The molecule has 1 aliphatic rings. The lowest BCUT2D eigenvalue weighted by molar-refractivity contribution is -0.117. The van der Waals surface area contributed by atoms with Gasteiger partial charge in [0.15, 0.2) is 0 Å². The molecule has 5 nitrogen and oxygen atoms in total. The van der Waals surface area contributed by atoms with Crippen molar-refractivity contribution in [1.29, 1.82) is 0 Å². The number of hydrogen-bond acceptors (Lipinski definition) is 4. The molecule has 0 aromatic carbocycles. The number of hydrogen-bond donors (Lipinski definition) is 1. The van der Waals surface area contributed by atoms with Gasteiger partial charge in [0.2, 0.25) is 15.7 Å². The summed E-state index contributed by atoms with van der Waals surface area (Å²) in [5.74, 6) is -1.45. The van der Waals surface area contributed by atoms with E-state index in [4.69, 9.17) is 0 Å². The third-order valence-electron chi connectivity index (χ3n) is 0.845. The van der Waals surface area contributed by atoms with E-state index in [9.17, 15) is 18.0 Å². The van der Waals surface area contributed by atoms with Crippen LogP contribution in [0, 0.1) is 0 Å². The standard InChI is InChI=1S/C3H3NO4S/c5-2-1-9(7,8)3(6)4-2/h1H2,(H,4,5,6). The van der Waals surface area contributed by atoms with Crippen molar-refractivity contribution in [3.63, 3.8) is 0 Å². The third kappa shape index (κ3) is 0.925. The zero-order chi connectivity index (χ0) is 7.07. The predicted octanol–water partition coefficient (Wildman–Crippen LogP) is -1.35. The summed E-state index contributed by atoms with van der Waals surface area (Å²) in [6, 6.07) is 0. The highest BCUT2D eigenvalue weighted by Gasteiger charge is 2.34. The van der Waals surface area contributed by atoms with Gasteiger partial charge in [-0.1, -0.05) is 0 Å². The first-order valence-electron chi connectivity index (χ1n) is 2.09. The first-order valence-corrected chi connectivity index (χ1v) is 3.74. The van der Waals surface area contributed by atoms with Crippen LogP contribution in [0.3, 0.4) is 0 Å². The lowest BCUT2D eigenvalue weighted by atomic mass is 10.7. The summed E-state index contributed by atoms with van der Waals surface area (Å²) >= 11 is 0. The molecule has 1 rings (SSSR count). The molecule has 1 aliphatic heterocycles. The van der Waals surface area contributed by atoms with Crippen LogP contribution in [0.15, 0.2) is 0 Å². The molecule has 0 bridgehead atoms. The molecule has 0 aromatic heterocycles. The molecule has 0 aliphatic carbocycles. The summed E-state index contributed by atoms with van der Waals surface area (Å²) in [5.41, 5.74) is 0. The Morgan fingerprint density at radius 1 is 1.33 bits per heavy atom.